The summed E-state index contributed by atoms with van der Waals surface area (Å²) in [5.74, 6) is -1.41. The van der Waals surface area contributed by atoms with Gasteiger partial charge in [-0.15, -0.1) is 0 Å². The zero-order chi connectivity index (χ0) is 15.9. The van der Waals surface area contributed by atoms with Gasteiger partial charge in [0.25, 0.3) is 0 Å². The summed E-state index contributed by atoms with van der Waals surface area (Å²) < 4.78 is 0. The number of urea groups is 1. The normalized spacial score (nSPS) is 14.1. The molecule has 0 spiro atoms. The van der Waals surface area contributed by atoms with Crippen molar-refractivity contribution in [3.05, 3.63) is 0 Å². The number of hydrogen-bond acceptors (Lipinski definition) is 3. The van der Waals surface area contributed by atoms with Crippen molar-refractivity contribution in [2.75, 3.05) is 0 Å². The fourth-order valence-corrected chi connectivity index (χ4v) is 1.49. The molecular formula is C13H25N3O4. The first-order valence-corrected chi connectivity index (χ1v) is 6.68. The lowest BCUT2D eigenvalue weighted by molar-refractivity contribution is -0.139. The first kappa shape index (κ1) is 18.2. The van der Waals surface area contributed by atoms with E-state index in [4.69, 9.17) is 5.11 Å². The molecular weight excluding hydrogens is 262 g/mol. The minimum atomic E-state index is -1.09. The maximum atomic E-state index is 11.8. The minimum absolute atomic E-state index is 0.324. The summed E-state index contributed by atoms with van der Waals surface area (Å²) in [4.78, 5) is 34.3. The summed E-state index contributed by atoms with van der Waals surface area (Å²) in [6.45, 7) is 8.86. The third-order valence-corrected chi connectivity index (χ3v) is 2.42. The Balaban J connectivity index is 4.38. The van der Waals surface area contributed by atoms with E-state index in [1.807, 2.05) is 27.7 Å². The van der Waals surface area contributed by atoms with Crippen LogP contribution in [-0.4, -0.2) is 40.6 Å². The monoisotopic (exact) mass is 287 g/mol. The van der Waals surface area contributed by atoms with Crippen molar-refractivity contribution < 1.29 is 19.5 Å². The number of hydrogen-bond donors (Lipinski definition) is 4. The standard InChI is InChI=1S/C13H25N3O4/c1-6-7-9(11(18)19)15-12(20)14-8(2)10(17)16-13(3,4)5/h8-9H,6-7H2,1-5H3,(H,16,17)(H,18,19)(H2,14,15,20)/t8?,9-/m1/s1. The molecule has 0 heterocycles. The second-order valence-corrected chi connectivity index (χ2v) is 5.76. The van der Waals surface area contributed by atoms with Crippen molar-refractivity contribution in [3.8, 4) is 0 Å². The fourth-order valence-electron chi connectivity index (χ4n) is 1.49. The molecule has 4 N–H and O–H groups in total. The smallest absolute Gasteiger partial charge is 0.326 e. The van der Waals surface area contributed by atoms with Gasteiger partial charge in [-0.25, -0.2) is 9.59 Å². The van der Waals surface area contributed by atoms with Crippen LogP contribution in [0, 0.1) is 0 Å². The van der Waals surface area contributed by atoms with E-state index < -0.39 is 29.6 Å². The number of carboxylic acids is 1. The molecule has 3 amide bonds. The zero-order valence-corrected chi connectivity index (χ0v) is 12.7. The quantitative estimate of drug-likeness (QED) is 0.580. The molecule has 0 saturated heterocycles. The Labute approximate surface area is 119 Å². The van der Waals surface area contributed by atoms with E-state index in [1.165, 1.54) is 6.92 Å². The molecule has 116 valence electrons. The summed E-state index contributed by atoms with van der Waals surface area (Å²) in [6.07, 6.45) is 0.975. The number of carboxylic acid groups (broad SMARTS) is 1. The highest BCUT2D eigenvalue weighted by molar-refractivity contribution is 5.88. The van der Waals surface area contributed by atoms with Gasteiger partial charge < -0.3 is 21.1 Å². The van der Waals surface area contributed by atoms with Gasteiger partial charge in [-0.2, -0.15) is 0 Å². The van der Waals surface area contributed by atoms with Crippen LogP contribution in [0.25, 0.3) is 0 Å². The van der Waals surface area contributed by atoms with Crippen LogP contribution in [-0.2, 0) is 9.59 Å². The lowest BCUT2D eigenvalue weighted by atomic mass is 10.1. The summed E-state index contributed by atoms with van der Waals surface area (Å²) in [5.41, 5.74) is -0.394. The van der Waals surface area contributed by atoms with E-state index in [-0.39, 0.29) is 5.91 Å². The summed E-state index contributed by atoms with van der Waals surface area (Å²) in [6, 6.07) is -2.36. The van der Waals surface area contributed by atoms with Crippen LogP contribution >= 0.6 is 0 Å². The van der Waals surface area contributed by atoms with Gasteiger partial charge in [0, 0.05) is 5.54 Å². The molecule has 0 aromatic heterocycles. The highest BCUT2D eigenvalue weighted by Crippen LogP contribution is 2.00. The third-order valence-electron chi connectivity index (χ3n) is 2.42. The van der Waals surface area contributed by atoms with Crippen molar-refractivity contribution in [2.45, 2.75) is 65.1 Å². The Hall–Kier alpha value is -1.79. The molecule has 0 rings (SSSR count). The van der Waals surface area contributed by atoms with E-state index in [0.29, 0.717) is 12.8 Å². The van der Waals surface area contributed by atoms with Crippen LogP contribution in [0.2, 0.25) is 0 Å². The Morgan fingerprint density at radius 1 is 1.15 bits per heavy atom. The van der Waals surface area contributed by atoms with E-state index in [1.54, 1.807) is 0 Å². The van der Waals surface area contributed by atoms with Gasteiger partial charge in [-0.1, -0.05) is 13.3 Å². The molecule has 0 aromatic rings. The van der Waals surface area contributed by atoms with Gasteiger partial charge in [0.2, 0.25) is 5.91 Å². The van der Waals surface area contributed by atoms with Crippen LogP contribution in [0.5, 0.6) is 0 Å². The molecule has 1 unspecified atom stereocenters. The topological polar surface area (TPSA) is 108 Å². The molecule has 0 saturated carbocycles. The number of amides is 3. The summed E-state index contributed by atoms with van der Waals surface area (Å²) >= 11 is 0. The number of carbonyl (C=O) groups excluding carboxylic acids is 2. The predicted octanol–water partition coefficient (Wildman–Crippen LogP) is 0.842. The molecule has 0 bridgehead atoms. The highest BCUT2D eigenvalue weighted by Gasteiger charge is 2.23. The first-order valence-electron chi connectivity index (χ1n) is 6.68. The van der Waals surface area contributed by atoms with Crippen LogP contribution in [0.3, 0.4) is 0 Å². The molecule has 0 aliphatic rings. The number of rotatable bonds is 6. The minimum Gasteiger partial charge on any atom is -0.480 e. The second kappa shape index (κ2) is 7.72. The van der Waals surface area contributed by atoms with E-state index in [2.05, 4.69) is 16.0 Å². The number of nitrogens with one attached hydrogen (secondary N) is 3. The Morgan fingerprint density at radius 2 is 1.70 bits per heavy atom. The molecule has 7 nitrogen and oxygen atoms in total. The van der Waals surface area contributed by atoms with Crippen molar-refractivity contribution in [1.82, 2.24) is 16.0 Å². The zero-order valence-electron chi connectivity index (χ0n) is 12.7. The van der Waals surface area contributed by atoms with Gasteiger partial charge in [0.15, 0.2) is 0 Å². The molecule has 7 heteroatoms. The average molecular weight is 287 g/mol. The molecule has 0 radical (unpaired) electrons. The molecule has 2 atom stereocenters. The maximum absolute atomic E-state index is 11.8. The van der Waals surface area contributed by atoms with Gasteiger partial charge in [-0.05, 0) is 34.1 Å². The molecule has 20 heavy (non-hydrogen) atoms. The van der Waals surface area contributed by atoms with E-state index in [9.17, 15) is 14.4 Å². The SMILES string of the molecule is CCC[C@@H](NC(=O)NC(C)C(=O)NC(C)(C)C)C(=O)O. The molecule has 0 aromatic carbocycles. The second-order valence-electron chi connectivity index (χ2n) is 5.76. The van der Waals surface area contributed by atoms with Gasteiger partial charge >= 0.3 is 12.0 Å². The summed E-state index contributed by atoms with van der Waals surface area (Å²) in [7, 11) is 0. The van der Waals surface area contributed by atoms with Crippen molar-refractivity contribution >= 4 is 17.9 Å². The molecule has 0 aliphatic heterocycles. The number of aliphatic carboxylic acids is 1. The van der Waals surface area contributed by atoms with Crippen LogP contribution in [0.15, 0.2) is 0 Å². The average Bonchev–Trinajstić information content (AvgIpc) is 2.25. The van der Waals surface area contributed by atoms with Crippen LogP contribution in [0.4, 0.5) is 4.79 Å². The lowest BCUT2D eigenvalue weighted by Gasteiger charge is -2.24. The Morgan fingerprint density at radius 3 is 2.10 bits per heavy atom. The molecule has 0 aliphatic carbocycles. The summed E-state index contributed by atoms with van der Waals surface area (Å²) in [5, 5.41) is 16.4. The van der Waals surface area contributed by atoms with Gasteiger partial charge in [0.05, 0.1) is 0 Å². The van der Waals surface area contributed by atoms with E-state index >= 15 is 0 Å². The van der Waals surface area contributed by atoms with Crippen molar-refractivity contribution in [3.63, 3.8) is 0 Å². The lowest BCUT2D eigenvalue weighted by Crippen LogP contribution is -2.54. The predicted molar refractivity (Wildman–Crippen MR) is 75.4 cm³/mol. The maximum Gasteiger partial charge on any atom is 0.326 e. The van der Waals surface area contributed by atoms with Crippen LogP contribution < -0.4 is 16.0 Å². The first-order chi connectivity index (χ1) is 9.06. The van der Waals surface area contributed by atoms with E-state index in [0.717, 1.165) is 0 Å². The Kier molecular flexibility index (Phi) is 7.02. The van der Waals surface area contributed by atoms with Gasteiger partial charge in [0.1, 0.15) is 12.1 Å². The fraction of sp³-hybridized carbons (Fsp3) is 0.769. The van der Waals surface area contributed by atoms with Crippen molar-refractivity contribution in [2.24, 2.45) is 0 Å². The van der Waals surface area contributed by atoms with Crippen LogP contribution in [0.1, 0.15) is 47.5 Å². The highest BCUT2D eigenvalue weighted by atomic mass is 16.4. The largest absolute Gasteiger partial charge is 0.480 e. The molecule has 0 fully saturated rings. The van der Waals surface area contributed by atoms with Gasteiger partial charge in [-0.3, -0.25) is 4.79 Å². The van der Waals surface area contributed by atoms with Crippen molar-refractivity contribution in [1.29, 1.82) is 0 Å². The third kappa shape index (κ3) is 7.60. The number of carbonyl (C=O) groups is 3. The Bertz CT molecular complexity index is 363.